The van der Waals surface area contributed by atoms with Crippen LogP contribution >= 0.6 is 7.60 Å². The molecule has 0 aromatic carbocycles. The standard InChI is InChI=1S/C15H25N6O3P/c1-10(2)23-25(22,24-11(3)4)7-5-6-15(16,17)13-12-14(20-8-18-12)21-9-19-13/h5,7-11H,6,16-17H2,1-4H3,(H,18,19,20,21)/b7-5+. The quantitative estimate of drug-likeness (QED) is 0.476. The second-order valence-electron chi connectivity index (χ2n) is 6.30. The normalized spacial score (nSPS) is 13.6. The Kier molecular flexibility index (Phi) is 6.08. The first-order valence-corrected chi connectivity index (χ1v) is 9.61. The third kappa shape index (κ3) is 5.17. The SMILES string of the molecule is CC(C)OP(=O)(/C=C/CC(N)(N)c1ncnc2nc[nH]c12)OC(C)C. The first kappa shape index (κ1) is 19.7. The summed E-state index contributed by atoms with van der Waals surface area (Å²) in [4.78, 5) is 15.2. The molecule has 138 valence electrons. The van der Waals surface area contributed by atoms with E-state index in [1.165, 1.54) is 18.5 Å². The monoisotopic (exact) mass is 368 g/mol. The minimum Gasteiger partial charge on any atom is -0.342 e. The summed E-state index contributed by atoms with van der Waals surface area (Å²) in [5.41, 5.74) is 12.6. The van der Waals surface area contributed by atoms with Crippen LogP contribution in [0.3, 0.4) is 0 Å². The van der Waals surface area contributed by atoms with Crippen LogP contribution in [0.2, 0.25) is 0 Å². The Labute approximate surface area is 146 Å². The van der Waals surface area contributed by atoms with Crippen molar-refractivity contribution in [3.05, 3.63) is 30.2 Å². The van der Waals surface area contributed by atoms with E-state index in [1.54, 1.807) is 33.8 Å². The Morgan fingerprint density at radius 3 is 2.44 bits per heavy atom. The fraction of sp³-hybridized carbons (Fsp3) is 0.533. The van der Waals surface area contributed by atoms with Crippen molar-refractivity contribution in [2.75, 3.05) is 0 Å². The molecule has 0 aliphatic carbocycles. The number of fused-ring (bicyclic) bond motifs is 1. The second-order valence-corrected chi connectivity index (χ2v) is 8.10. The number of nitrogens with one attached hydrogen (secondary N) is 1. The van der Waals surface area contributed by atoms with Gasteiger partial charge in [-0.2, -0.15) is 0 Å². The highest BCUT2D eigenvalue weighted by Crippen LogP contribution is 2.52. The van der Waals surface area contributed by atoms with Crippen molar-refractivity contribution in [1.29, 1.82) is 0 Å². The predicted molar refractivity (Wildman–Crippen MR) is 95.5 cm³/mol. The van der Waals surface area contributed by atoms with Gasteiger partial charge in [0.2, 0.25) is 0 Å². The molecule has 0 atom stereocenters. The van der Waals surface area contributed by atoms with Crippen LogP contribution in [0.5, 0.6) is 0 Å². The van der Waals surface area contributed by atoms with E-state index in [0.29, 0.717) is 16.9 Å². The van der Waals surface area contributed by atoms with E-state index in [1.807, 2.05) is 0 Å². The fourth-order valence-electron chi connectivity index (χ4n) is 2.27. The van der Waals surface area contributed by atoms with Gasteiger partial charge in [-0.15, -0.1) is 0 Å². The number of nitrogens with zero attached hydrogens (tertiary/aromatic N) is 3. The van der Waals surface area contributed by atoms with Crippen molar-refractivity contribution < 1.29 is 13.6 Å². The number of hydrogen-bond donors (Lipinski definition) is 3. The number of aromatic amines is 1. The van der Waals surface area contributed by atoms with E-state index in [-0.39, 0.29) is 18.6 Å². The summed E-state index contributed by atoms with van der Waals surface area (Å²) in [6, 6.07) is 0. The number of imidazole rings is 1. The molecule has 2 aromatic heterocycles. The van der Waals surface area contributed by atoms with Gasteiger partial charge in [-0.05, 0) is 27.7 Å². The summed E-state index contributed by atoms with van der Waals surface area (Å²) >= 11 is 0. The molecule has 0 unspecified atom stereocenters. The maximum absolute atomic E-state index is 12.8. The second kappa shape index (κ2) is 7.72. The Balaban J connectivity index is 2.20. The third-order valence-corrected chi connectivity index (χ3v) is 5.13. The maximum Gasteiger partial charge on any atom is 0.354 e. The minimum absolute atomic E-state index is 0.172. The van der Waals surface area contributed by atoms with Crippen molar-refractivity contribution in [2.45, 2.75) is 52.0 Å². The first-order valence-electron chi connectivity index (χ1n) is 7.99. The molecule has 2 heterocycles. The Morgan fingerprint density at radius 1 is 1.20 bits per heavy atom. The Hall–Kier alpha value is -1.64. The summed E-state index contributed by atoms with van der Waals surface area (Å²) in [6.07, 6.45) is 4.12. The summed E-state index contributed by atoms with van der Waals surface area (Å²) < 4.78 is 23.7. The van der Waals surface area contributed by atoms with Gasteiger partial charge in [0.25, 0.3) is 0 Å². The summed E-state index contributed by atoms with van der Waals surface area (Å²) in [7, 11) is -3.39. The van der Waals surface area contributed by atoms with Gasteiger partial charge in [0.1, 0.15) is 23.2 Å². The minimum atomic E-state index is -3.39. The number of aromatic nitrogens is 4. The highest BCUT2D eigenvalue weighted by molar-refractivity contribution is 7.57. The molecule has 0 amide bonds. The van der Waals surface area contributed by atoms with Crippen LogP contribution in [-0.4, -0.2) is 32.1 Å². The topological polar surface area (TPSA) is 142 Å². The molecule has 10 heteroatoms. The molecule has 5 N–H and O–H groups in total. The smallest absolute Gasteiger partial charge is 0.342 e. The van der Waals surface area contributed by atoms with Crippen molar-refractivity contribution in [1.82, 2.24) is 19.9 Å². The van der Waals surface area contributed by atoms with Gasteiger partial charge in [-0.1, -0.05) is 6.08 Å². The van der Waals surface area contributed by atoms with Gasteiger partial charge in [-0.25, -0.2) is 15.0 Å². The van der Waals surface area contributed by atoms with E-state index in [4.69, 9.17) is 20.5 Å². The lowest BCUT2D eigenvalue weighted by Crippen LogP contribution is -2.46. The average molecular weight is 368 g/mol. The van der Waals surface area contributed by atoms with E-state index in [9.17, 15) is 4.57 Å². The van der Waals surface area contributed by atoms with Gasteiger partial charge in [-0.3, -0.25) is 4.57 Å². The third-order valence-electron chi connectivity index (χ3n) is 3.12. The zero-order valence-corrected chi connectivity index (χ0v) is 15.7. The Bertz CT molecular complexity index is 772. The van der Waals surface area contributed by atoms with Crippen LogP contribution in [-0.2, 0) is 19.3 Å². The molecular formula is C15H25N6O3P. The largest absolute Gasteiger partial charge is 0.354 e. The molecule has 0 bridgehead atoms. The lowest BCUT2D eigenvalue weighted by atomic mass is 10.0. The van der Waals surface area contributed by atoms with E-state index in [2.05, 4.69) is 19.9 Å². The van der Waals surface area contributed by atoms with Crippen molar-refractivity contribution in [2.24, 2.45) is 11.5 Å². The molecule has 0 fully saturated rings. The van der Waals surface area contributed by atoms with Crippen molar-refractivity contribution in [3.63, 3.8) is 0 Å². The molecule has 2 aromatic rings. The van der Waals surface area contributed by atoms with Crippen molar-refractivity contribution in [3.8, 4) is 0 Å². The lowest BCUT2D eigenvalue weighted by Gasteiger charge is -2.23. The molecule has 9 nitrogen and oxygen atoms in total. The highest BCUT2D eigenvalue weighted by atomic mass is 31.2. The molecule has 0 spiro atoms. The van der Waals surface area contributed by atoms with Gasteiger partial charge >= 0.3 is 7.60 Å². The molecule has 0 radical (unpaired) electrons. The Morgan fingerprint density at radius 2 is 1.84 bits per heavy atom. The number of nitrogens with two attached hydrogens (primary N) is 2. The van der Waals surface area contributed by atoms with Gasteiger partial charge in [0, 0.05) is 12.2 Å². The molecule has 0 aliphatic rings. The molecule has 0 saturated heterocycles. The van der Waals surface area contributed by atoms with Gasteiger partial charge < -0.3 is 25.5 Å². The van der Waals surface area contributed by atoms with Crippen LogP contribution in [0.4, 0.5) is 0 Å². The molecular weight excluding hydrogens is 343 g/mol. The zero-order valence-electron chi connectivity index (χ0n) is 14.8. The molecule has 0 aliphatic heterocycles. The summed E-state index contributed by atoms with van der Waals surface area (Å²) in [5.74, 6) is 1.40. The van der Waals surface area contributed by atoms with E-state index < -0.39 is 13.3 Å². The molecule has 2 rings (SSSR count). The van der Waals surface area contributed by atoms with Crippen molar-refractivity contribution >= 4 is 18.8 Å². The first-order chi connectivity index (χ1) is 11.6. The van der Waals surface area contributed by atoms with Crippen LogP contribution in [0.25, 0.3) is 11.2 Å². The van der Waals surface area contributed by atoms with Gasteiger partial charge in [0.15, 0.2) is 5.65 Å². The number of H-pyrrole nitrogens is 1. The molecule has 25 heavy (non-hydrogen) atoms. The van der Waals surface area contributed by atoms with Gasteiger partial charge in [0.05, 0.1) is 18.5 Å². The lowest BCUT2D eigenvalue weighted by molar-refractivity contribution is 0.149. The van der Waals surface area contributed by atoms with Crippen LogP contribution in [0, 0.1) is 0 Å². The predicted octanol–water partition coefficient (Wildman–Crippen LogP) is 2.37. The van der Waals surface area contributed by atoms with Crippen LogP contribution in [0.15, 0.2) is 24.5 Å². The average Bonchev–Trinajstić information content (AvgIpc) is 2.92. The van der Waals surface area contributed by atoms with Crippen LogP contribution < -0.4 is 11.5 Å². The number of hydrogen-bond acceptors (Lipinski definition) is 8. The van der Waals surface area contributed by atoms with E-state index in [0.717, 1.165) is 0 Å². The highest BCUT2D eigenvalue weighted by Gasteiger charge is 2.28. The summed E-state index contributed by atoms with van der Waals surface area (Å²) in [6.45, 7) is 7.15. The fourth-order valence-corrected chi connectivity index (χ4v) is 4.00. The zero-order chi connectivity index (χ0) is 18.7. The summed E-state index contributed by atoms with van der Waals surface area (Å²) in [5, 5.41) is 0. The van der Waals surface area contributed by atoms with Crippen LogP contribution in [0.1, 0.15) is 39.8 Å². The number of rotatable bonds is 8. The maximum atomic E-state index is 12.8. The molecule has 0 saturated carbocycles. The van der Waals surface area contributed by atoms with E-state index >= 15 is 0 Å².